The lowest BCUT2D eigenvalue weighted by Crippen LogP contribution is -2.04. The Bertz CT molecular complexity index is 1350. The SMILES string of the molecule is Cc1ccc(COc2ccc3cc(-c4noc([C@@H](C)CCCC#CC(=N)N)n4)ccc3c2)cc1. The summed E-state index contributed by atoms with van der Waals surface area (Å²) < 4.78 is 11.5. The molecule has 0 saturated carbocycles. The van der Waals surface area contributed by atoms with Crippen LogP contribution in [0.1, 0.15) is 49.1 Å². The Hall–Kier alpha value is -4.11. The van der Waals surface area contributed by atoms with Gasteiger partial charge in [-0.3, -0.25) is 5.41 Å². The number of rotatable bonds is 8. The summed E-state index contributed by atoms with van der Waals surface area (Å²) in [6.07, 6.45) is 2.44. The number of fused-ring (bicyclic) bond motifs is 1. The first-order valence-corrected chi connectivity index (χ1v) is 11.4. The first-order chi connectivity index (χ1) is 16.5. The average molecular weight is 453 g/mol. The molecule has 0 spiro atoms. The zero-order valence-electron chi connectivity index (χ0n) is 19.5. The van der Waals surface area contributed by atoms with Crippen molar-refractivity contribution >= 4 is 16.6 Å². The standard InChI is InChI=1S/C28H28N4O2/c1-19-8-10-21(11-9-19)18-33-25-15-14-22-16-24(13-12-23(22)17-25)27-31-28(34-32-27)20(2)6-4-3-5-7-26(29)30/h8-17,20H,3-4,6,18H2,1-2H3,(H3,29,30)/t20-/m0/s1. The minimum atomic E-state index is -0.101. The van der Waals surface area contributed by atoms with Crippen LogP contribution in [0.15, 0.2) is 65.2 Å². The van der Waals surface area contributed by atoms with E-state index in [1.807, 2.05) is 18.2 Å². The van der Waals surface area contributed by atoms with Crippen LogP contribution in [0.4, 0.5) is 0 Å². The third-order valence-corrected chi connectivity index (χ3v) is 5.62. The Morgan fingerprint density at radius 1 is 1.09 bits per heavy atom. The molecule has 6 nitrogen and oxygen atoms in total. The number of aromatic nitrogens is 2. The molecule has 1 aromatic heterocycles. The molecule has 0 aliphatic rings. The summed E-state index contributed by atoms with van der Waals surface area (Å²) >= 11 is 0. The Morgan fingerprint density at radius 2 is 1.85 bits per heavy atom. The smallest absolute Gasteiger partial charge is 0.229 e. The molecule has 0 aliphatic carbocycles. The van der Waals surface area contributed by atoms with Crippen molar-refractivity contribution in [2.45, 2.75) is 45.6 Å². The fourth-order valence-electron chi connectivity index (χ4n) is 3.63. The summed E-state index contributed by atoms with van der Waals surface area (Å²) in [7, 11) is 0. The number of nitrogens with two attached hydrogens (primary N) is 1. The summed E-state index contributed by atoms with van der Waals surface area (Å²) in [5.41, 5.74) is 8.53. The number of ether oxygens (including phenoxy) is 1. The van der Waals surface area contributed by atoms with E-state index in [0.29, 0.717) is 24.7 Å². The lowest BCUT2D eigenvalue weighted by molar-refractivity contribution is 0.306. The molecule has 172 valence electrons. The van der Waals surface area contributed by atoms with Gasteiger partial charge in [0.15, 0.2) is 5.84 Å². The predicted molar refractivity (Wildman–Crippen MR) is 135 cm³/mol. The summed E-state index contributed by atoms with van der Waals surface area (Å²) in [6.45, 7) is 4.68. The minimum absolute atomic E-state index is 0.101. The predicted octanol–water partition coefficient (Wildman–Crippen LogP) is 5.99. The first kappa shape index (κ1) is 23.1. The van der Waals surface area contributed by atoms with Gasteiger partial charge in [-0.2, -0.15) is 4.98 Å². The van der Waals surface area contributed by atoms with Gasteiger partial charge in [-0.1, -0.05) is 66.0 Å². The second-order valence-electron chi connectivity index (χ2n) is 8.46. The largest absolute Gasteiger partial charge is 0.489 e. The number of nitrogens with one attached hydrogen (secondary N) is 1. The average Bonchev–Trinajstić information content (AvgIpc) is 3.33. The van der Waals surface area contributed by atoms with E-state index in [1.54, 1.807) is 0 Å². The molecule has 1 heterocycles. The molecule has 0 unspecified atom stereocenters. The highest BCUT2D eigenvalue weighted by atomic mass is 16.5. The minimum Gasteiger partial charge on any atom is -0.489 e. The van der Waals surface area contributed by atoms with Crippen molar-refractivity contribution in [2.24, 2.45) is 5.73 Å². The topological polar surface area (TPSA) is 98.0 Å². The highest BCUT2D eigenvalue weighted by Crippen LogP contribution is 2.28. The molecular formula is C28H28N4O2. The molecule has 0 amide bonds. The van der Waals surface area contributed by atoms with Crippen molar-refractivity contribution in [1.29, 1.82) is 5.41 Å². The number of hydrogen-bond acceptors (Lipinski definition) is 5. The quantitative estimate of drug-likeness (QED) is 0.148. The van der Waals surface area contributed by atoms with Crippen molar-refractivity contribution in [3.63, 3.8) is 0 Å². The molecule has 0 aliphatic heterocycles. The van der Waals surface area contributed by atoms with Gasteiger partial charge in [-0.15, -0.1) is 0 Å². The fraction of sp³-hybridized carbons (Fsp3) is 0.250. The highest BCUT2D eigenvalue weighted by molar-refractivity contribution is 5.94. The van der Waals surface area contributed by atoms with Crippen LogP contribution in [0, 0.1) is 24.2 Å². The second kappa shape index (κ2) is 10.7. The molecule has 6 heteroatoms. The van der Waals surface area contributed by atoms with Crippen molar-refractivity contribution in [3.05, 3.63) is 77.7 Å². The number of unbranched alkanes of at least 4 members (excludes halogenated alkanes) is 1. The summed E-state index contributed by atoms with van der Waals surface area (Å²) in [5.74, 6) is 7.53. The van der Waals surface area contributed by atoms with E-state index in [2.05, 4.69) is 78.3 Å². The highest BCUT2D eigenvalue weighted by Gasteiger charge is 2.15. The van der Waals surface area contributed by atoms with Crippen molar-refractivity contribution in [2.75, 3.05) is 0 Å². The van der Waals surface area contributed by atoms with Gasteiger partial charge in [0.25, 0.3) is 0 Å². The monoisotopic (exact) mass is 452 g/mol. The fourth-order valence-corrected chi connectivity index (χ4v) is 3.63. The lowest BCUT2D eigenvalue weighted by Gasteiger charge is -2.08. The van der Waals surface area contributed by atoms with Crippen molar-refractivity contribution < 1.29 is 9.26 Å². The van der Waals surface area contributed by atoms with Gasteiger partial charge in [-0.25, -0.2) is 0 Å². The molecule has 1 atom stereocenters. The van der Waals surface area contributed by atoms with Gasteiger partial charge in [0, 0.05) is 17.9 Å². The van der Waals surface area contributed by atoms with Gasteiger partial charge in [0.05, 0.1) is 0 Å². The van der Waals surface area contributed by atoms with Crippen molar-refractivity contribution in [3.8, 4) is 29.0 Å². The molecule has 0 saturated heterocycles. The number of hydrogen-bond donors (Lipinski definition) is 2. The summed E-state index contributed by atoms with van der Waals surface area (Å²) in [4.78, 5) is 4.61. The number of benzene rings is 3. The van der Waals surface area contributed by atoms with E-state index in [4.69, 9.17) is 20.4 Å². The summed E-state index contributed by atoms with van der Waals surface area (Å²) in [5, 5.41) is 13.5. The van der Waals surface area contributed by atoms with E-state index >= 15 is 0 Å². The number of nitrogens with zero attached hydrogens (tertiary/aromatic N) is 2. The van der Waals surface area contributed by atoms with Crippen molar-refractivity contribution in [1.82, 2.24) is 10.1 Å². The molecule has 0 bridgehead atoms. The van der Waals surface area contributed by atoms with E-state index in [9.17, 15) is 0 Å². The Labute approximate surface area is 199 Å². The van der Waals surface area contributed by atoms with Crippen LogP contribution >= 0.6 is 0 Å². The molecular weight excluding hydrogens is 424 g/mol. The van der Waals surface area contributed by atoms with Crippen LogP contribution in [-0.4, -0.2) is 16.0 Å². The molecule has 0 fully saturated rings. The van der Waals surface area contributed by atoms with E-state index in [-0.39, 0.29) is 11.8 Å². The molecule has 4 aromatic rings. The van der Waals surface area contributed by atoms with Crippen LogP contribution in [0.5, 0.6) is 5.75 Å². The maximum absolute atomic E-state index is 7.12. The number of amidine groups is 1. The van der Waals surface area contributed by atoms with Crippen LogP contribution in [0.25, 0.3) is 22.2 Å². The van der Waals surface area contributed by atoms with Gasteiger partial charge in [-0.05, 0) is 60.2 Å². The molecule has 4 rings (SSSR count). The zero-order valence-corrected chi connectivity index (χ0v) is 19.5. The maximum atomic E-state index is 7.12. The van der Waals surface area contributed by atoms with Crippen LogP contribution in [0.3, 0.4) is 0 Å². The van der Waals surface area contributed by atoms with Gasteiger partial charge >= 0.3 is 0 Å². The van der Waals surface area contributed by atoms with Gasteiger partial charge in [0.1, 0.15) is 12.4 Å². The van der Waals surface area contributed by atoms with Gasteiger partial charge in [0.2, 0.25) is 11.7 Å². The van der Waals surface area contributed by atoms with Gasteiger partial charge < -0.3 is 15.0 Å². The normalized spacial score (nSPS) is 11.6. The Kier molecular flexibility index (Phi) is 7.24. The molecule has 34 heavy (non-hydrogen) atoms. The third kappa shape index (κ3) is 6.02. The van der Waals surface area contributed by atoms with Crippen LogP contribution in [-0.2, 0) is 6.61 Å². The second-order valence-corrected chi connectivity index (χ2v) is 8.46. The Morgan fingerprint density at radius 3 is 2.65 bits per heavy atom. The zero-order chi connectivity index (χ0) is 23.9. The third-order valence-electron chi connectivity index (χ3n) is 5.62. The lowest BCUT2D eigenvalue weighted by atomic mass is 10.0. The molecule has 0 radical (unpaired) electrons. The summed E-state index contributed by atoms with van der Waals surface area (Å²) in [6, 6.07) is 20.6. The van der Waals surface area contributed by atoms with E-state index in [1.165, 1.54) is 5.56 Å². The van der Waals surface area contributed by atoms with Crippen LogP contribution < -0.4 is 10.5 Å². The molecule has 3 N–H and O–H groups in total. The van der Waals surface area contributed by atoms with Crippen LogP contribution in [0.2, 0.25) is 0 Å². The van der Waals surface area contributed by atoms with E-state index < -0.39 is 0 Å². The number of aryl methyl sites for hydroxylation is 1. The Balaban J connectivity index is 1.39. The maximum Gasteiger partial charge on any atom is 0.229 e. The van der Waals surface area contributed by atoms with E-state index in [0.717, 1.165) is 40.5 Å². The molecule has 3 aromatic carbocycles. The first-order valence-electron chi connectivity index (χ1n) is 11.4.